The van der Waals surface area contributed by atoms with Crippen molar-refractivity contribution in [2.24, 2.45) is 0 Å². The van der Waals surface area contributed by atoms with Crippen molar-refractivity contribution in [1.82, 2.24) is 4.90 Å². The van der Waals surface area contributed by atoms with E-state index in [0.29, 0.717) is 5.84 Å². The summed E-state index contributed by atoms with van der Waals surface area (Å²) in [6.45, 7) is 3.57. The second-order valence-corrected chi connectivity index (χ2v) is 2.70. The highest BCUT2D eigenvalue weighted by Gasteiger charge is 2.50. The van der Waals surface area contributed by atoms with Crippen LogP contribution in [0.25, 0.3) is 0 Å². The molecule has 0 bridgehead atoms. The Labute approximate surface area is 65.6 Å². The average molecular weight is 156 g/mol. The van der Waals surface area contributed by atoms with Gasteiger partial charge in [-0.15, -0.1) is 0 Å². The van der Waals surface area contributed by atoms with E-state index in [4.69, 9.17) is 5.41 Å². The number of hydrogen-bond donors (Lipinski definition) is 1. The van der Waals surface area contributed by atoms with Crippen LogP contribution in [0.5, 0.6) is 0 Å². The zero-order valence-corrected chi connectivity index (χ0v) is 6.92. The molecule has 1 fully saturated rings. The molecule has 0 aromatic heterocycles. The molecule has 4 heteroatoms. The largest absolute Gasteiger partial charge is 0.467 e. The van der Waals surface area contributed by atoms with Gasteiger partial charge < -0.3 is 9.64 Å². The molecule has 1 N–H and O–H groups in total. The maximum atomic E-state index is 10.9. The van der Waals surface area contributed by atoms with Crippen molar-refractivity contribution < 1.29 is 9.53 Å². The Morgan fingerprint density at radius 3 is 2.45 bits per heavy atom. The normalized spacial score (nSPS) is 28.1. The van der Waals surface area contributed by atoms with Gasteiger partial charge in [0, 0.05) is 0 Å². The highest BCUT2D eigenvalue weighted by Crippen LogP contribution is 2.28. The molecule has 62 valence electrons. The number of ether oxygens (including phenoxy) is 1. The molecule has 4 nitrogen and oxygen atoms in total. The van der Waals surface area contributed by atoms with Crippen LogP contribution in [0.2, 0.25) is 0 Å². The Bertz CT molecular complexity index is 203. The molecule has 2 atom stereocenters. The molecule has 0 amide bonds. The van der Waals surface area contributed by atoms with Crippen LogP contribution in [0.4, 0.5) is 0 Å². The third-order valence-electron chi connectivity index (χ3n) is 1.94. The van der Waals surface area contributed by atoms with Gasteiger partial charge >= 0.3 is 5.97 Å². The zero-order valence-electron chi connectivity index (χ0n) is 6.92. The summed E-state index contributed by atoms with van der Waals surface area (Å²) >= 11 is 0. The first-order valence-corrected chi connectivity index (χ1v) is 3.51. The van der Waals surface area contributed by atoms with Gasteiger partial charge in [0.2, 0.25) is 0 Å². The van der Waals surface area contributed by atoms with Crippen molar-refractivity contribution >= 4 is 11.8 Å². The second kappa shape index (κ2) is 2.53. The minimum Gasteiger partial charge on any atom is -0.467 e. The SMILES string of the molecule is COC(=O)[C@@H]1[C@H](C)N1C(C)=N. The maximum absolute atomic E-state index is 10.9. The molecule has 0 spiro atoms. The first kappa shape index (κ1) is 8.04. The standard InChI is InChI=1S/C7H12N2O2/c1-4-6(7(10)11-3)9(4)5(2)8/h4,6,8H,1-3H3/t4-,6-,9?/m0/s1. The fraction of sp³-hybridized carbons (Fsp3) is 0.714. The highest BCUT2D eigenvalue weighted by atomic mass is 16.5. The van der Waals surface area contributed by atoms with Crippen molar-refractivity contribution in [3.05, 3.63) is 0 Å². The number of methoxy groups -OCH3 is 1. The van der Waals surface area contributed by atoms with Crippen molar-refractivity contribution in [1.29, 1.82) is 5.41 Å². The topological polar surface area (TPSA) is 53.2 Å². The van der Waals surface area contributed by atoms with E-state index in [0.717, 1.165) is 0 Å². The summed E-state index contributed by atoms with van der Waals surface area (Å²) in [4.78, 5) is 12.7. The minimum absolute atomic E-state index is 0.139. The molecule has 11 heavy (non-hydrogen) atoms. The predicted octanol–water partition coefficient (Wildman–Crippen LogP) is 0.229. The van der Waals surface area contributed by atoms with Crippen molar-refractivity contribution in [2.75, 3.05) is 7.11 Å². The summed E-state index contributed by atoms with van der Waals surface area (Å²) in [6, 6.07) is -0.0718. The Morgan fingerprint density at radius 2 is 2.18 bits per heavy atom. The summed E-state index contributed by atoms with van der Waals surface area (Å²) in [6.07, 6.45) is 0. The zero-order chi connectivity index (χ0) is 8.59. The van der Waals surface area contributed by atoms with E-state index < -0.39 is 0 Å². The molecule has 1 saturated heterocycles. The molecular formula is C7H12N2O2. The van der Waals surface area contributed by atoms with Crippen LogP contribution >= 0.6 is 0 Å². The van der Waals surface area contributed by atoms with E-state index in [1.165, 1.54) is 7.11 Å². The molecule has 1 aliphatic rings. The second-order valence-electron chi connectivity index (χ2n) is 2.70. The number of carbonyl (C=O) groups is 1. The molecule has 0 aromatic carbocycles. The van der Waals surface area contributed by atoms with Crippen molar-refractivity contribution in [3.63, 3.8) is 0 Å². The van der Waals surface area contributed by atoms with Gasteiger partial charge in [-0.2, -0.15) is 0 Å². The number of hydrogen-bond acceptors (Lipinski definition) is 3. The summed E-state index contributed by atoms with van der Waals surface area (Å²) in [5, 5.41) is 7.26. The predicted molar refractivity (Wildman–Crippen MR) is 40.5 cm³/mol. The van der Waals surface area contributed by atoms with E-state index in [1.807, 2.05) is 6.92 Å². The first-order valence-electron chi connectivity index (χ1n) is 3.51. The van der Waals surface area contributed by atoms with Gasteiger partial charge in [0.25, 0.3) is 0 Å². The van der Waals surface area contributed by atoms with Gasteiger partial charge in [0.15, 0.2) is 0 Å². The number of esters is 1. The van der Waals surface area contributed by atoms with Crippen LogP contribution in [-0.4, -0.2) is 35.9 Å². The van der Waals surface area contributed by atoms with Gasteiger partial charge in [-0.3, -0.25) is 5.41 Å². The van der Waals surface area contributed by atoms with Gasteiger partial charge in [-0.05, 0) is 13.8 Å². The quantitative estimate of drug-likeness (QED) is 0.256. The van der Waals surface area contributed by atoms with E-state index >= 15 is 0 Å². The molecule has 0 aromatic rings. The smallest absolute Gasteiger partial charge is 0.330 e. The summed E-state index contributed by atoms with van der Waals surface area (Å²) < 4.78 is 4.55. The molecule has 1 heterocycles. The van der Waals surface area contributed by atoms with Crippen LogP contribution in [0.1, 0.15) is 13.8 Å². The molecule has 0 saturated carbocycles. The molecule has 1 aliphatic heterocycles. The fourth-order valence-electron chi connectivity index (χ4n) is 1.29. The third kappa shape index (κ3) is 1.20. The van der Waals surface area contributed by atoms with E-state index in [2.05, 4.69) is 4.74 Å². The molecule has 0 aliphatic carbocycles. The fourth-order valence-corrected chi connectivity index (χ4v) is 1.29. The summed E-state index contributed by atoms with van der Waals surface area (Å²) in [5.41, 5.74) is 0. The average Bonchev–Trinajstić information content (AvgIpc) is 2.60. The number of carbonyl (C=O) groups excluding carboxylic acids is 1. The van der Waals surface area contributed by atoms with Crippen LogP contribution < -0.4 is 0 Å². The lowest BCUT2D eigenvalue weighted by Crippen LogP contribution is -2.16. The summed E-state index contributed by atoms with van der Waals surface area (Å²) in [5.74, 6) is 0.178. The van der Waals surface area contributed by atoms with Crippen LogP contribution in [-0.2, 0) is 9.53 Å². The van der Waals surface area contributed by atoms with Gasteiger partial charge in [-0.25, -0.2) is 4.79 Å². The van der Waals surface area contributed by atoms with Gasteiger partial charge in [0.05, 0.1) is 19.0 Å². The first-order chi connectivity index (χ1) is 5.09. The molecule has 0 radical (unpaired) electrons. The Kier molecular flexibility index (Phi) is 1.85. The van der Waals surface area contributed by atoms with E-state index in [1.54, 1.807) is 11.8 Å². The lowest BCUT2D eigenvalue weighted by molar-refractivity contribution is -0.140. The van der Waals surface area contributed by atoms with E-state index in [-0.39, 0.29) is 18.1 Å². The minimum atomic E-state index is -0.246. The number of nitrogens with zero attached hydrogens (tertiary/aromatic N) is 1. The molecule has 0 unspecified atom stereocenters. The van der Waals surface area contributed by atoms with Gasteiger partial charge in [-0.1, -0.05) is 0 Å². The maximum Gasteiger partial charge on any atom is 0.330 e. The lowest BCUT2D eigenvalue weighted by atomic mass is 10.3. The van der Waals surface area contributed by atoms with E-state index in [9.17, 15) is 4.79 Å². The van der Waals surface area contributed by atoms with Crippen LogP contribution in [0.15, 0.2) is 0 Å². The third-order valence-corrected chi connectivity index (χ3v) is 1.94. The Morgan fingerprint density at radius 1 is 1.64 bits per heavy atom. The molecule has 1 rings (SSSR count). The van der Waals surface area contributed by atoms with Crippen LogP contribution in [0.3, 0.4) is 0 Å². The number of amidine groups is 1. The molecular weight excluding hydrogens is 144 g/mol. The van der Waals surface area contributed by atoms with Crippen molar-refractivity contribution in [3.8, 4) is 0 Å². The van der Waals surface area contributed by atoms with Crippen molar-refractivity contribution in [2.45, 2.75) is 25.9 Å². The number of rotatable bonds is 1. The lowest BCUT2D eigenvalue weighted by Gasteiger charge is -1.99. The highest BCUT2D eigenvalue weighted by molar-refractivity contribution is 5.90. The summed E-state index contributed by atoms with van der Waals surface area (Å²) in [7, 11) is 1.37. The Hall–Kier alpha value is -1.06. The monoisotopic (exact) mass is 156 g/mol. The van der Waals surface area contributed by atoms with Crippen LogP contribution in [0, 0.1) is 5.41 Å². The number of nitrogens with one attached hydrogen (secondary N) is 1. The Balaban J connectivity index is 2.54. The van der Waals surface area contributed by atoms with Gasteiger partial charge in [0.1, 0.15) is 6.04 Å².